The molecule has 2 aliphatic rings. The minimum absolute atomic E-state index is 0.154. The Morgan fingerprint density at radius 2 is 2.10 bits per heavy atom. The molecule has 112 valence electrons. The lowest BCUT2D eigenvalue weighted by atomic mass is 9.73. The van der Waals surface area contributed by atoms with Gasteiger partial charge in [-0.3, -0.25) is 4.90 Å². The van der Waals surface area contributed by atoms with E-state index in [1.807, 2.05) is 6.07 Å². The van der Waals surface area contributed by atoms with Crippen molar-refractivity contribution in [1.29, 1.82) is 5.26 Å². The van der Waals surface area contributed by atoms with Gasteiger partial charge >= 0.3 is 0 Å². The minimum Gasteiger partial charge on any atom is -0.317 e. The van der Waals surface area contributed by atoms with Crippen LogP contribution in [0.5, 0.6) is 0 Å². The topological polar surface area (TPSA) is 39.1 Å². The summed E-state index contributed by atoms with van der Waals surface area (Å²) >= 11 is 0. The van der Waals surface area contributed by atoms with E-state index >= 15 is 0 Å². The summed E-state index contributed by atoms with van der Waals surface area (Å²) in [5.74, 6) is -0.422. The zero-order valence-electron chi connectivity index (χ0n) is 12.4. The predicted molar refractivity (Wildman–Crippen MR) is 80.2 cm³/mol. The predicted octanol–water partition coefficient (Wildman–Crippen LogP) is 2.66. The van der Waals surface area contributed by atoms with Crippen LogP contribution in [0.2, 0.25) is 0 Å². The van der Waals surface area contributed by atoms with Crippen molar-refractivity contribution in [1.82, 2.24) is 10.2 Å². The SMILES string of the molecule is N#Cc1cc(CN2CCCC3(CCNCC3)C2)ccc1F. The van der Waals surface area contributed by atoms with Gasteiger partial charge in [-0.05, 0) is 68.4 Å². The molecule has 0 aliphatic carbocycles. The molecule has 2 fully saturated rings. The number of hydrogen-bond donors (Lipinski definition) is 1. The van der Waals surface area contributed by atoms with Crippen molar-refractivity contribution in [3.8, 4) is 6.07 Å². The number of rotatable bonds is 2. The number of hydrogen-bond acceptors (Lipinski definition) is 3. The van der Waals surface area contributed by atoms with Crippen LogP contribution in [0.3, 0.4) is 0 Å². The maximum atomic E-state index is 13.4. The molecule has 0 aromatic heterocycles. The van der Waals surface area contributed by atoms with Gasteiger partial charge in [-0.2, -0.15) is 5.26 Å². The lowest BCUT2D eigenvalue weighted by Crippen LogP contribution is -2.48. The van der Waals surface area contributed by atoms with Gasteiger partial charge in [0.25, 0.3) is 0 Å². The Balaban J connectivity index is 1.68. The highest BCUT2D eigenvalue weighted by atomic mass is 19.1. The molecule has 1 N–H and O–H groups in total. The fraction of sp³-hybridized carbons (Fsp3) is 0.588. The number of nitriles is 1. The molecule has 0 bridgehead atoms. The van der Waals surface area contributed by atoms with Crippen LogP contribution in [-0.4, -0.2) is 31.1 Å². The fourth-order valence-corrected chi connectivity index (χ4v) is 3.82. The van der Waals surface area contributed by atoms with Gasteiger partial charge in [0.05, 0.1) is 5.56 Å². The second kappa shape index (κ2) is 6.13. The van der Waals surface area contributed by atoms with E-state index in [-0.39, 0.29) is 5.56 Å². The minimum atomic E-state index is -0.422. The molecule has 1 aromatic carbocycles. The lowest BCUT2D eigenvalue weighted by Gasteiger charge is -2.45. The number of likely N-dealkylation sites (tertiary alicyclic amines) is 1. The Hall–Kier alpha value is -1.44. The van der Waals surface area contributed by atoms with Gasteiger partial charge in [0.1, 0.15) is 11.9 Å². The number of piperidine rings is 2. The highest BCUT2D eigenvalue weighted by molar-refractivity contribution is 5.34. The van der Waals surface area contributed by atoms with E-state index in [4.69, 9.17) is 5.26 Å². The zero-order valence-corrected chi connectivity index (χ0v) is 12.4. The third kappa shape index (κ3) is 3.25. The molecule has 0 atom stereocenters. The van der Waals surface area contributed by atoms with Crippen molar-refractivity contribution >= 4 is 0 Å². The quantitative estimate of drug-likeness (QED) is 0.909. The molecule has 21 heavy (non-hydrogen) atoms. The first-order valence-corrected chi connectivity index (χ1v) is 7.82. The molecule has 2 heterocycles. The van der Waals surface area contributed by atoms with Crippen molar-refractivity contribution in [2.75, 3.05) is 26.2 Å². The first-order valence-electron chi connectivity index (χ1n) is 7.82. The average Bonchev–Trinajstić information content (AvgIpc) is 2.50. The number of nitrogens with zero attached hydrogens (tertiary/aromatic N) is 2. The van der Waals surface area contributed by atoms with Crippen molar-refractivity contribution in [2.45, 2.75) is 32.2 Å². The molecule has 0 saturated carbocycles. The molecular weight excluding hydrogens is 265 g/mol. The monoisotopic (exact) mass is 287 g/mol. The van der Waals surface area contributed by atoms with Crippen LogP contribution >= 0.6 is 0 Å². The molecule has 0 unspecified atom stereocenters. The molecule has 1 spiro atoms. The van der Waals surface area contributed by atoms with E-state index in [1.165, 1.54) is 31.7 Å². The van der Waals surface area contributed by atoms with E-state index in [2.05, 4.69) is 10.2 Å². The molecule has 0 radical (unpaired) electrons. The normalized spacial score (nSPS) is 22.1. The van der Waals surface area contributed by atoms with Crippen molar-refractivity contribution in [2.24, 2.45) is 5.41 Å². The van der Waals surface area contributed by atoms with E-state index in [0.717, 1.165) is 38.3 Å². The Kier molecular flexibility index (Phi) is 4.23. The van der Waals surface area contributed by atoms with E-state index in [9.17, 15) is 4.39 Å². The lowest BCUT2D eigenvalue weighted by molar-refractivity contribution is 0.0551. The Bertz CT molecular complexity index is 538. The highest BCUT2D eigenvalue weighted by Gasteiger charge is 2.36. The van der Waals surface area contributed by atoms with Crippen molar-refractivity contribution in [3.05, 3.63) is 35.1 Å². The Morgan fingerprint density at radius 3 is 2.86 bits per heavy atom. The van der Waals surface area contributed by atoms with Gasteiger partial charge in [-0.1, -0.05) is 6.07 Å². The van der Waals surface area contributed by atoms with Gasteiger partial charge in [0, 0.05) is 13.1 Å². The summed E-state index contributed by atoms with van der Waals surface area (Å²) in [4.78, 5) is 2.48. The standard InChI is InChI=1S/C17H22FN3/c18-16-3-2-14(10-15(16)11-19)12-21-9-1-4-17(13-21)5-7-20-8-6-17/h2-3,10,20H,1,4-9,12-13H2. The molecule has 1 aromatic rings. The highest BCUT2D eigenvalue weighted by Crippen LogP contribution is 2.38. The first kappa shape index (κ1) is 14.5. The summed E-state index contributed by atoms with van der Waals surface area (Å²) in [6.07, 6.45) is 5.09. The molecule has 3 rings (SSSR count). The van der Waals surface area contributed by atoms with Gasteiger partial charge in [-0.15, -0.1) is 0 Å². The molecular formula is C17H22FN3. The van der Waals surface area contributed by atoms with Gasteiger partial charge in [0.2, 0.25) is 0 Å². The van der Waals surface area contributed by atoms with Crippen LogP contribution in [0, 0.1) is 22.6 Å². The largest absolute Gasteiger partial charge is 0.317 e. The zero-order chi connectivity index (χ0) is 14.7. The molecule has 4 heteroatoms. The van der Waals surface area contributed by atoms with E-state index in [0.29, 0.717) is 5.41 Å². The maximum absolute atomic E-state index is 13.4. The van der Waals surface area contributed by atoms with Crippen LogP contribution in [0.25, 0.3) is 0 Å². The molecule has 0 amide bonds. The summed E-state index contributed by atoms with van der Waals surface area (Å²) in [6, 6.07) is 6.84. The van der Waals surface area contributed by atoms with E-state index in [1.54, 1.807) is 12.1 Å². The van der Waals surface area contributed by atoms with Gasteiger partial charge in [-0.25, -0.2) is 4.39 Å². The smallest absolute Gasteiger partial charge is 0.140 e. The second-order valence-electron chi connectivity index (χ2n) is 6.49. The summed E-state index contributed by atoms with van der Waals surface area (Å²) in [7, 11) is 0. The number of benzene rings is 1. The Labute approximate surface area is 125 Å². The van der Waals surface area contributed by atoms with Gasteiger partial charge < -0.3 is 5.32 Å². The fourth-order valence-electron chi connectivity index (χ4n) is 3.82. The molecule has 3 nitrogen and oxygen atoms in total. The van der Waals surface area contributed by atoms with Crippen LogP contribution < -0.4 is 5.32 Å². The van der Waals surface area contributed by atoms with Crippen LogP contribution in [0.1, 0.15) is 36.8 Å². The van der Waals surface area contributed by atoms with Crippen LogP contribution in [0.15, 0.2) is 18.2 Å². The summed E-state index contributed by atoms with van der Waals surface area (Å²) in [5.41, 5.74) is 1.67. The van der Waals surface area contributed by atoms with Crippen LogP contribution in [-0.2, 0) is 6.54 Å². The van der Waals surface area contributed by atoms with E-state index < -0.39 is 5.82 Å². The third-order valence-electron chi connectivity index (χ3n) is 4.96. The van der Waals surface area contributed by atoms with Crippen molar-refractivity contribution < 1.29 is 4.39 Å². The number of halogens is 1. The Morgan fingerprint density at radius 1 is 1.29 bits per heavy atom. The number of nitrogens with one attached hydrogen (secondary N) is 1. The first-order chi connectivity index (χ1) is 10.2. The summed E-state index contributed by atoms with van der Waals surface area (Å²) < 4.78 is 13.4. The van der Waals surface area contributed by atoms with Crippen LogP contribution in [0.4, 0.5) is 4.39 Å². The van der Waals surface area contributed by atoms with Gasteiger partial charge in [0.15, 0.2) is 0 Å². The average molecular weight is 287 g/mol. The summed E-state index contributed by atoms with van der Waals surface area (Å²) in [5, 5.41) is 12.4. The summed E-state index contributed by atoms with van der Waals surface area (Å²) in [6.45, 7) is 5.32. The molecule has 2 saturated heterocycles. The second-order valence-corrected chi connectivity index (χ2v) is 6.49. The third-order valence-corrected chi connectivity index (χ3v) is 4.96. The van der Waals surface area contributed by atoms with Crippen molar-refractivity contribution in [3.63, 3.8) is 0 Å². The maximum Gasteiger partial charge on any atom is 0.140 e. The molecule has 2 aliphatic heterocycles.